The molecule has 11 nitrogen and oxygen atoms in total. The molecule has 0 spiro atoms. The lowest BCUT2D eigenvalue weighted by Gasteiger charge is -2.27. The van der Waals surface area contributed by atoms with Crippen LogP contribution in [0.3, 0.4) is 0 Å². The van der Waals surface area contributed by atoms with E-state index in [1.165, 1.54) is 6.07 Å². The second-order valence-corrected chi connectivity index (χ2v) is 19.6. The van der Waals surface area contributed by atoms with Gasteiger partial charge in [-0.2, -0.15) is 10.2 Å². The van der Waals surface area contributed by atoms with Gasteiger partial charge in [0.2, 0.25) is 5.91 Å². The summed E-state index contributed by atoms with van der Waals surface area (Å²) in [6.07, 6.45) is 7.42. The Balaban J connectivity index is 1.32. The summed E-state index contributed by atoms with van der Waals surface area (Å²) < 4.78 is 9.36. The first-order chi connectivity index (χ1) is 20.8. The van der Waals surface area contributed by atoms with Gasteiger partial charge >= 0.3 is 0 Å². The number of pyridine rings is 1. The molecule has 3 N–H and O–H groups in total. The van der Waals surface area contributed by atoms with E-state index in [4.69, 9.17) is 4.74 Å². The highest BCUT2D eigenvalue weighted by Gasteiger charge is 2.48. The number of aryl methyl sites for hydroxylation is 1. The summed E-state index contributed by atoms with van der Waals surface area (Å²) in [5, 5.41) is 26.0. The van der Waals surface area contributed by atoms with Gasteiger partial charge in [0.1, 0.15) is 29.9 Å². The predicted molar refractivity (Wildman–Crippen MR) is 172 cm³/mol. The van der Waals surface area contributed by atoms with Gasteiger partial charge in [-0.05, 0) is 83.2 Å². The smallest absolute Gasteiger partial charge is 0.270 e. The van der Waals surface area contributed by atoms with E-state index in [9.17, 15) is 14.7 Å². The van der Waals surface area contributed by atoms with Crippen molar-refractivity contribution in [2.75, 3.05) is 11.9 Å². The molecule has 0 saturated heterocycles. The minimum Gasteiger partial charge on any atom is -0.506 e. The molecule has 3 aromatic heterocycles. The van der Waals surface area contributed by atoms with Gasteiger partial charge in [0.05, 0.1) is 17.6 Å². The van der Waals surface area contributed by atoms with Crippen LogP contribution < -0.4 is 10.6 Å². The van der Waals surface area contributed by atoms with Crippen LogP contribution >= 0.6 is 0 Å². The molecule has 44 heavy (non-hydrogen) atoms. The Labute approximate surface area is 260 Å². The van der Waals surface area contributed by atoms with Crippen LogP contribution in [0.5, 0.6) is 5.75 Å². The van der Waals surface area contributed by atoms with E-state index in [1.807, 2.05) is 27.7 Å². The number of rotatable bonds is 14. The minimum atomic E-state index is -1.19. The molecule has 12 heteroatoms. The van der Waals surface area contributed by atoms with Crippen molar-refractivity contribution in [2.24, 2.45) is 17.8 Å². The lowest BCUT2D eigenvalue weighted by Crippen LogP contribution is -2.50. The average molecular weight is 622 g/mol. The highest BCUT2D eigenvalue weighted by molar-refractivity contribution is 6.76. The van der Waals surface area contributed by atoms with E-state index in [-0.39, 0.29) is 29.5 Å². The second kappa shape index (κ2) is 12.8. The average Bonchev–Trinajstić information content (AvgIpc) is 3.88. The fourth-order valence-corrected chi connectivity index (χ4v) is 6.73. The van der Waals surface area contributed by atoms with E-state index in [2.05, 4.69) is 45.5 Å². The van der Waals surface area contributed by atoms with Gasteiger partial charge in [-0.15, -0.1) is 0 Å². The maximum Gasteiger partial charge on any atom is 0.270 e. The number of hydrogen-bond donors (Lipinski definition) is 3. The predicted octanol–water partition coefficient (Wildman–Crippen LogP) is 5.53. The number of aromatic hydroxyl groups is 1. The number of nitrogens with zero attached hydrogens (tertiary/aromatic N) is 5. The monoisotopic (exact) mass is 621 g/mol. The Kier molecular flexibility index (Phi) is 9.31. The SMILES string of the molecule is Cc1nn(COCC[Si](C)(C)C)c(C)c1-c1ncc(NC(=O)[C@@H](NC(=O)c2ccnn2C(C)C)C(C2CC2)C2CC2)cc1O. The second-order valence-electron chi connectivity index (χ2n) is 13.9. The first-order valence-corrected chi connectivity index (χ1v) is 19.5. The third kappa shape index (κ3) is 7.40. The summed E-state index contributed by atoms with van der Waals surface area (Å²) in [5.74, 6) is 0.234. The Hall–Kier alpha value is -3.51. The van der Waals surface area contributed by atoms with Crippen LogP contribution in [-0.2, 0) is 16.3 Å². The van der Waals surface area contributed by atoms with Crippen LogP contribution in [0.2, 0.25) is 25.7 Å². The number of anilines is 1. The maximum atomic E-state index is 13.8. The Bertz CT molecular complexity index is 1490. The molecule has 0 aromatic carbocycles. The third-order valence-electron chi connectivity index (χ3n) is 8.64. The van der Waals surface area contributed by atoms with Gasteiger partial charge < -0.3 is 20.5 Å². The molecule has 2 aliphatic carbocycles. The third-order valence-corrected chi connectivity index (χ3v) is 10.3. The lowest BCUT2D eigenvalue weighted by molar-refractivity contribution is -0.119. The van der Waals surface area contributed by atoms with E-state index in [0.29, 0.717) is 42.2 Å². The lowest BCUT2D eigenvalue weighted by atomic mass is 9.88. The van der Waals surface area contributed by atoms with Crippen LogP contribution in [-0.4, -0.2) is 62.2 Å². The summed E-state index contributed by atoms with van der Waals surface area (Å²) in [4.78, 5) is 31.8. The van der Waals surface area contributed by atoms with Crippen molar-refractivity contribution in [3.63, 3.8) is 0 Å². The zero-order valence-corrected chi connectivity index (χ0v) is 28.1. The molecule has 2 amide bonds. The van der Waals surface area contributed by atoms with Crippen LogP contribution in [0.4, 0.5) is 5.69 Å². The van der Waals surface area contributed by atoms with Crippen molar-refractivity contribution in [1.29, 1.82) is 0 Å². The van der Waals surface area contributed by atoms with Crippen molar-refractivity contribution >= 4 is 25.6 Å². The van der Waals surface area contributed by atoms with Crippen molar-refractivity contribution in [3.8, 4) is 17.0 Å². The fourth-order valence-electron chi connectivity index (χ4n) is 5.98. The number of carbonyl (C=O) groups is 2. The van der Waals surface area contributed by atoms with Gasteiger partial charge in [-0.3, -0.25) is 19.3 Å². The summed E-state index contributed by atoms with van der Waals surface area (Å²) >= 11 is 0. The van der Waals surface area contributed by atoms with E-state index >= 15 is 0 Å². The molecule has 0 unspecified atom stereocenters. The molecular weight excluding hydrogens is 574 g/mol. The van der Waals surface area contributed by atoms with Gasteiger partial charge in [0.25, 0.3) is 5.91 Å². The molecule has 5 rings (SSSR count). The molecule has 0 radical (unpaired) electrons. The normalized spacial score (nSPS) is 16.0. The van der Waals surface area contributed by atoms with Crippen LogP contribution in [0.25, 0.3) is 11.3 Å². The molecule has 0 bridgehead atoms. The molecule has 2 fully saturated rings. The van der Waals surface area contributed by atoms with Gasteiger partial charge in [-0.1, -0.05) is 19.6 Å². The van der Waals surface area contributed by atoms with Crippen molar-refractivity contribution in [3.05, 3.63) is 41.6 Å². The fraction of sp³-hybridized carbons (Fsp3) is 0.594. The largest absolute Gasteiger partial charge is 0.506 e. The first-order valence-electron chi connectivity index (χ1n) is 15.8. The zero-order chi connectivity index (χ0) is 31.8. The number of amides is 2. The zero-order valence-electron chi connectivity index (χ0n) is 27.1. The number of carbonyl (C=O) groups excluding carboxylic acids is 2. The van der Waals surface area contributed by atoms with E-state index < -0.39 is 14.1 Å². The quantitative estimate of drug-likeness (QED) is 0.159. The first kappa shape index (κ1) is 31.9. The molecule has 3 heterocycles. The molecule has 0 aliphatic heterocycles. The molecule has 3 aromatic rings. The van der Waals surface area contributed by atoms with Gasteiger partial charge in [0.15, 0.2) is 0 Å². The Morgan fingerprint density at radius 1 is 1.14 bits per heavy atom. The Morgan fingerprint density at radius 2 is 1.82 bits per heavy atom. The van der Waals surface area contributed by atoms with Crippen LogP contribution in [0.15, 0.2) is 24.5 Å². The van der Waals surface area contributed by atoms with E-state index in [1.54, 1.807) is 27.8 Å². The van der Waals surface area contributed by atoms with Crippen molar-refractivity contribution in [1.82, 2.24) is 29.9 Å². The van der Waals surface area contributed by atoms with Crippen LogP contribution in [0.1, 0.15) is 67.4 Å². The Morgan fingerprint density at radius 3 is 2.41 bits per heavy atom. The van der Waals surface area contributed by atoms with Crippen molar-refractivity contribution < 1.29 is 19.4 Å². The highest BCUT2D eigenvalue weighted by atomic mass is 28.3. The summed E-state index contributed by atoms with van der Waals surface area (Å²) in [6.45, 7) is 15.7. The van der Waals surface area contributed by atoms with Gasteiger partial charge in [0, 0.05) is 44.2 Å². The minimum absolute atomic E-state index is 0.00938. The van der Waals surface area contributed by atoms with E-state index in [0.717, 1.165) is 48.7 Å². The molecular formula is C32H47N7O4Si. The van der Waals surface area contributed by atoms with Crippen molar-refractivity contribution in [2.45, 2.75) is 97.9 Å². The number of ether oxygens (including phenoxy) is 1. The topological polar surface area (TPSA) is 136 Å². The summed E-state index contributed by atoms with van der Waals surface area (Å²) in [5.41, 5.74) is 3.51. The molecule has 2 aliphatic rings. The molecule has 238 valence electrons. The summed E-state index contributed by atoms with van der Waals surface area (Å²) in [6, 6.07) is 3.57. The maximum absolute atomic E-state index is 13.8. The number of aromatic nitrogens is 5. The van der Waals surface area contributed by atoms with Gasteiger partial charge in [-0.25, -0.2) is 4.68 Å². The number of hydrogen-bond acceptors (Lipinski definition) is 7. The molecule has 1 atom stereocenters. The van der Waals surface area contributed by atoms with Crippen LogP contribution in [0, 0.1) is 31.6 Å². The number of nitrogens with one attached hydrogen (secondary N) is 2. The summed E-state index contributed by atoms with van der Waals surface area (Å²) in [7, 11) is -1.19. The molecule has 2 saturated carbocycles. The highest BCUT2D eigenvalue weighted by Crippen LogP contribution is 2.51. The standard InChI is InChI=1S/C32H47N7O4Si/c1-19(2)39-25(12-13-34-39)31(41)36-30(28(22-8-9-22)23-10-11-23)32(42)35-24-16-26(40)29(33-17-24)27-20(3)37-38(21(27)4)18-43-14-15-44(5,6)7/h12-13,16-17,19,22-23,28,30,40H,8-11,14-15,18H2,1-7H3,(H,35,42)(H,36,41)/t30-/m0/s1.